The standard InChI is InChI=1S/C12H17NO3S/c1-10-3-4-11(9-12(10)16-2)13-5-7-17(14,15)8-6-13/h3-4,9H,5-8H2,1-2H3. The molecule has 1 aliphatic rings. The second-order valence-electron chi connectivity index (χ2n) is 4.29. The highest BCUT2D eigenvalue weighted by Crippen LogP contribution is 2.25. The maximum Gasteiger partial charge on any atom is 0.153 e. The van der Waals surface area contributed by atoms with E-state index in [9.17, 15) is 8.42 Å². The number of anilines is 1. The van der Waals surface area contributed by atoms with Crippen molar-refractivity contribution in [2.24, 2.45) is 0 Å². The number of methoxy groups -OCH3 is 1. The molecule has 1 fully saturated rings. The monoisotopic (exact) mass is 255 g/mol. The van der Waals surface area contributed by atoms with Crippen LogP contribution in [0.1, 0.15) is 5.56 Å². The van der Waals surface area contributed by atoms with Crippen molar-refractivity contribution in [2.75, 3.05) is 36.6 Å². The number of hydrogen-bond donors (Lipinski definition) is 0. The van der Waals surface area contributed by atoms with Crippen LogP contribution in [0.5, 0.6) is 5.75 Å². The van der Waals surface area contributed by atoms with Gasteiger partial charge in [-0.15, -0.1) is 0 Å². The molecule has 0 N–H and O–H groups in total. The summed E-state index contributed by atoms with van der Waals surface area (Å²) in [5, 5.41) is 0. The summed E-state index contributed by atoms with van der Waals surface area (Å²) in [5.41, 5.74) is 2.11. The summed E-state index contributed by atoms with van der Waals surface area (Å²) >= 11 is 0. The van der Waals surface area contributed by atoms with E-state index in [1.807, 2.05) is 25.1 Å². The lowest BCUT2D eigenvalue weighted by Gasteiger charge is -2.29. The first-order valence-electron chi connectivity index (χ1n) is 5.62. The van der Waals surface area contributed by atoms with E-state index in [4.69, 9.17) is 4.74 Å². The van der Waals surface area contributed by atoms with E-state index in [0.29, 0.717) is 13.1 Å². The topological polar surface area (TPSA) is 46.6 Å². The first-order chi connectivity index (χ1) is 8.02. The second kappa shape index (κ2) is 4.56. The average Bonchev–Trinajstić information content (AvgIpc) is 2.30. The molecular formula is C12H17NO3S. The fourth-order valence-electron chi connectivity index (χ4n) is 1.98. The van der Waals surface area contributed by atoms with Gasteiger partial charge in [-0.25, -0.2) is 8.42 Å². The fraction of sp³-hybridized carbons (Fsp3) is 0.500. The van der Waals surface area contributed by atoms with Crippen LogP contribution in [0.15, 0.2) is 18.2 Å². The van der Waals surface area contributed by atoms with Crippen molar-refractivity contribution in [3.8, 4) is 5.75 Å². The van der Waals surface area contributed by atoms with Crippen molar-refractivity contribution in [3.63, 3.8) is 0 Å². The number of hydrogen-bond acceptors (Lipinski definition) is 4. The molecule has 1 aliphatic heterocycles. The van der Waals surface area contributed by atoms with E-state index < -0.39 is 9.84 Å². The minimum atomic E-state index is -2.82. The lowest BCUT2D eigenvalue weighted by molar-refractivity contribution is 0.411. The predicted molar refractivity (Wildman–Crippen MR) is 68.6 cm³/mol. The van der Waals surface area contributed by atoms with Crippen LogP contribution in [0.3, 0.4) is 0 Å². The lowest BCUT2D eigenvalue weighted by Crippen LogP contribution is -2.40. The Morgan fingerprint density at radius 2 is 1.88 bits per heavy atom. The second-order valence-corrected chi connectivity index (χ2v) is 6.60. The van der Waals surface area contributed by atoms with Gasteiger partial charge in [-0.2, -0.15) is 0 Å². The molecule has 0 aromatic heterocycles. The molecular weight excluding hydrogens is 238 g/mol. The molecule has 2 rings (SSSR count). The SMILES string of the molecule is COc1cc(N2CCS(=O)(=O)CC2)ccc1C. The normalized spacial score (nSPS) is 19.1. The summed E-state index contributed by atoms with van der Waals surface area (Å²) in [6.45, 7) is 3.12. The molecule has 0 spiro atoms. The third-order valence-corrected chi connectivity index (χ3v) is 4.71. The summed E-state index contributed by atoms with van der Waals surface area (Å²) in [4.78, 5) is 2.09. The van der Waals surface area contributed by atoms with Gasteiger partial charge in [-0.3, -0.25) is 0 Å². The van der Waals surface area contributed by atoms with E-state index in [2.05, 4.69) is 4.90 Å². The predicted octanol–water partition coefficient (Wildman–Crippen LogP) is 1.24. The maximum atomic E-state index is 11.4. The Kier molecular flexibility index (Phi) is 3.28. The molecule has 1 heterocycles. The van der Waals surface area contributed by atoms with Crippen LogP contribution >= 0.6 is 0 Å². The van der Waals surface area contributed by atoms with Gasteiger partial charge < -0.3 is 9.64 Å². The van der Waals surface area contributed by atoms with Crippen LogP contribution in [-0.4, -0.2) is 40.1 Å². The summed E-state index contributed by atoms with van der Waals surface area (Å²) in [6.07, 6.45) is 0. The van der Waals surface area contributed by atoms with Crippen molar-refractivity contribution in [3.05, 3.63) is 23.8 Å². The zero-order valence-corrected chi connectivity index (χ0v) is 11.0. The molecule has 0 aliphatic carbocycles. The number of ether oxygens (including phenoxy) is 1. The highest BCUT2D eigenvalue weighted by Gasteiger charge is 2.22. The van der Waals surface area contributed by atoms with E-state index in [1.165, 1.54) is 0 Å². The summed E-state index contributed by atoms with van der Waals surface area (Å²) in [5.74, 6) is 1.32. The molecule has 0 radical (unpaired) electrons. The van der Waals surface area contributed by atoms with Crippen LogP contribution in [0.25, 0.3) is 0 Å². The van der Waals surface area contributed by atoms with Crippen molar-refractivity contribution < 1.29 is 13.2 Å². The molecule has 0 atom stereocenters. The first kappa shape index (κ1) is 12.2. The quantitative estimate of drug-likeness (QED) is 0.797. The number of benzene rings is 1. The first-order valence-corrected chi connectivity index (χ1v) is 7.44. The highest BCUT2D eigenvalue weighted by molar-refractivity contribution is 7.91. The fourth-order valence-corrected chi connectivity index (χ4v) is 3.18. The van der Waals surface area contributed by atoms with Gasteiger partial charge in [0.2, 0.25) is 0 Å². The Morgan fingerprint density at radius 1 is 1.24 bits per heavy atom. The van der Waals surface area contributed by atoms with Crippen LogP contribution in [-0.2, 0) is 9.84 Å². The van der Waals surface area contributed by atoms with Crippen molar-refractivity contribution in [1.29, 1.82) is 0 Å². The van der Waals surface area contributed by atoms with Gasteiger partial charge in [-0.05, 0) is 18.6 Å². The number of sulfone groups is 1. The lowest BCUT2D eigenvalue weighted by atomic mass is 10.2. The largest absolute Gasteiger partial charge is 0.496 e. The van der Waals surface area contributed by atoms with Crippen LogP contribution in [0.2, 0.25) is 0 Å². The molecule has 1 aromatic rings. The van der Waals surface area contributed by atoms with Gasteiger partial charge in [0.05, 0.1) is 18.6 Å². The van der Waals surface area contributed by atoms with Gasteiger partial charge >= 0.3 is 0 Å². The summed E-state index contributed by atoms with van der Waals surface area (Å²) < 4.78 is 28.0. The van der Waals surface area contributed by atoms with Crippen molar-refractivity contribution in [1.82, 2.24) is 0 Å². The molecule has 5 heteroatoms. The van der Waals surface area contributed by atoms with Crippen LogP contribution < -0.4 is 9.64 Å². The highest BCUT2D eigenvalue weighted by atomic mass is 32.2. The smallest absolute Gasteiger partial charge is 0.153 e. The Bertz CT molecular complexity index is 496. The van der Waals surface area contributed by atoms with Gasteiger partial charge in [0.25, 0.3) is 0 Å². The molecule has 0 amide bonds. The van der Waals surface area contributed by atoms with E-state index in [1.54, 1.807) is 7.11 Å². The maximum absolute atomic E-state index is 11.4. The van der Waals surface area contributed by atoms with Crippen LogP contribution in [0, 0.1) is 6.92 Å². The van der Waals surface area contributed by atoms with Crippen LogP contribution in [0.4, 0.5) is 5.69 Å². The summed E-state index contributed by atoms with van der Waals surface area (Å²) in [6, 6.07) is 5.97. The number of aryl methyl sites for hydroxylation is 1. The molecule has 0 unspecified atom stereocenters. The minimum Gasteiger partial charge on any atom is -0.496 e. The third kappa shape index (κ3) is 2.72. The Balaban J connectivity index is 2.19. The molecule has 1 saturated heterocycles. The molecule has 0 saturated carbocycles. The summed E-state index contributed by atoms with van der Waals surface area (Å²) in [7, 11) is -1.17. The Labute approximate surface area is 102 Å². The zero-order valence-electron chi connectivity index (χ0n) is 10.1. The Morgan fingerprint density at radius 3 is 2.47 bits per heavy atom. The minimum absolute atomic E-state index is 0.239. The van der Waals surface area contributed by atoms with E-state index in [0.717, 1.165) is 17.0 Å². The van der Waals surface area contributed by atoms with Crippen molar-refractivity contribution >= 4 is 15.5 Å². The Hall–Kier alpha value is -1.23. The van der Waals surface area contributed by atoms with E-state index >= 15 is 0 Å². The number of nitrogens with zero attached hydrogens (tertiary/aromatic N) is 1. The zero-order chi connectivity index (χ0) is 12.5. The third-order valence-electron chi connectivity index (χ3n) is 3.10. The van der Waals surface area contributed by atoms with Gasteiger partial charge in [0, 0.05) is 24.8 Å². The van der Waals surface area contributed by atoms with Gasteiger partial charge in [0.1, 0.15) is 5.75 Å². The molecule has 4 nitrogen and oxygen atoms in total. The average molecular weight is 255 g/mol. The molecule has 94 valence electrons. The molecule has 0 bridgehead atoms. The molecule has 17 heavy (non-hydrogen) atoms. The van der Waals surface area contributed by atoms with Crippen molar-refractivity contribution in [2.45, 2.75) is 6.92 Å². The van der Waals surface area contributed by atoms with Gasteiger partial charge in [0.15, 0.2) is 9.84 Å². The molecule has 1 aromatic carbocycles. The number of rotatable bonds is 2. The van der Waals surface area contributed by atoms with E-state index in [-0.39, 0.29) is 11.5 Å². The van der Waals surface area contributed by atoms with Gasteiger partial charge in [-0.1, -0.05) is 6.07 Å².